The molecule has 3 heterocycles. The standard InChI is InChI=1S/C45H71NO12/c1-25(2)17-32-19-26(3)18-27(4)20-38(55-9)41-39(56-10)22-29(6)45(53,58-41)42(50)43(51)46-16-12-11-13-33(46)44(52)57-40(30(7)35(48)24-36(32)49)28(5)21-31-14-15-34(47)37(23-31)54-8/h19,21,27,29-35,37-41,47-48,53H,1,11-18,20,22-24H2,2-10H3/b26-19-,28-21+/t27-,29-,30+,31+,32-,33-,34-,35+,37-,38+,39+,40-,41-,45+/m1/s1. The molecular formula is C45H71NO12. The summed E-state index contributed by atoms with van der Waals surface area (Å²) in [6.07, 6.45) is 3.27. The van der Waals surface area contributed by atoms with Crippen molar-refractivity contribution in [2.24, 2.45) is 29.6 Å². The molecule has 328 valence electrons. The Morgan fingerprint density at radius 1 is 0.914 bits per heavy atom. The molecule has 13 heteroatoms. The van der Waals surface area contributed by atoms with Crippen LogP contribution in [-0.4, -0.2) is 126 Å². The van der Waals surface area contributed by atoms with Crippen LogP contribution in [-0.2, 0) is 42.9 Å². The lowest BCUT2D eigenvalue weighted by Gasteiger charge is -2.47. The minimum absolute atomic E-state index is 0.00627. The Labute approximate surface area is 345 Å². The van der Waals surface area contributed by atoms with Crippen LogP contribution in [0, 0.1) is 29.6 Å². The predicted molar refractivity (Wildman–Crippen MR) is 217 cm³/mol. The lowest BCUT2D eigenvalue weighted by Crippen LogP contribution is -2.64. The molecule has 0 aromatic carbocycles. The molecule has 13 nitrogen and oxygen atoms in total. The normalized spacial score (nSPS) is 40.5. The summed E-state index contributed by atoms with van der Waals surface area (Å²) in [6.45, 7) is 15.2. The number of rotatable bonds is 7. The van der Waals surface area contributed by atoms with Gasteiger partial charge in [-0.15, -0.1) is 6.58 Å². The topological polar surface area (TPSA) is 178 Å². The molecule has 0 spiro atoms. The number of aliphatic hydroxyl groups excluding tert-OH is 2. The van der Waals surface area contributed by atoms with Crippen LogP contribution < -0.4 is 0 Å². The van der Waals surface area contributed by atoms with Gasteiger partial charge >= 0.3 is 5.97 Å². The van der Waals surface area contributed by atoms with Gasteiger partial charge in [0.25, 0.3) is 11.7 Å². The highest BCUT2D eigenvalue weighted by Crippen LogP contribution is 2.39. The van der Waals surface area contributed by atoms with Gasteiger partial charge in [-0.05, 0) is 102 Å². The van der Waals surface area contributed by atoms with Crippen LogP contribution in [0.15, 0.2) is 35.5 Å². The first-order valence-electron chi connectivity index (χ1n) is 21.3. The summed E-state index contributed by atoms with van der Waals surface area (Å²) >= 11 is 0. The summed E-state index contributed by atoms with van der Waals surface area (Å²) in [5.74, 6) is -7.77. The first-order chi connectivity index (χ1) is 27.3. The number of ether oxygens (including phenoxy) is 5. The number of hydrogen-bond donors (Lipinski definition) is 3. The van der Waals surface area contributed by atoms with Crippen molar-refractivity contribution in [3.63, 3.8) is 0 Å². The Kier molecular flexibility index (Phi) is 17.5. The smallest absolute Gasteiger partial charge is 0.329 e. The summed E-state index contributed by atoms with van der Waals surface area (Å²) in [7, 11) is 4.62. The third kappa shape index (κ3) is 11.5. The van der Waals surface area contributed by atoms with Gasteiger partial charge in [0.15, 0.2) is 0 Å². The van der Waals surface area contributed by atoms with Crippen molar-refractivity contribution in [3.05, 3.63) is 35.5 Å². The number of Topliss-reactive ketones (excluding diaryl/α,β-unsaturated/α-hetero) is 2. The molecule has 58 heavy (non-hydrogen) atoms. The van der Waals surface area contributed by atoms with E-state index in [-0.39, 0.29) is 49.5 Å². The van der Waals surface area contributed by atoms with Gasteiger partial charge in [-0.25, -0.2) is 4.79 Å². The molecule has 3 fully saturated rings. The number of piperidine rings is 1. The third-order valence-corrected chi connectivity index (χ3v) is 13.0. The molecule has 0 unspecified atom stereocenters. The number of cyclic esters (lactones) is 1. The average Bonchev–Trinajstić information content (AvgIpc) is 3.18. The zero-order valence-electron chi connectivity index (χ0n) is 36.3. The van der Waals surface area contributed by atoms with Crippen molar-refractivity contribution in [3.8, 4) is 0 Å². The monoisotopic (exact) mass is 817 g/mol. The molecule has 0 aromatic rings. The zero-order valence-corrected chi connectivity index (χ0v) is 36.3. The maximum atomic E-state index is 14.3. The molecule has 3 aliphatic heterocycles. The highest BCUT2D eigenvalue weighted by Gasteiger charge is 2.56. The number of esters is 1. The molecule has 2 saturated heterocycles. The highest BCUT2D eigenvalue weighted by atomic mass is 16.7. The van der Waals surface area contributed by atoms with Crippen LogP contribution in [0.3, 0.4) is 0 Å². The van der Waals surface area contributed by atoms with Gasteiger partial charge in [-0.3, -0.25) is 14.4 Å². The first kappa shape index (κ1) is 47.9. The molecule has 14 atom stereocenters. The van der Waals surface area contributed by atoms with Gasteiger partial charge < -0.3 is 43.9 Å². The number of nitrogens with zero attached hydrogens (tertiary/aromatic N) is 1. The van der Waals surface area contributed by atoms with E-state index < -0.39 is 83.9 Å². The predicted octanol–water partition coefficient (Wildman–Crippen LogP) is 5.03. The second-order valence-corrected chi connectivity index (χ2v) is 17.9. The van der Waals surface area contributed by atoms with Crippen molar-refractivity contribution in [2.75, 3.05) is 27.9 Å². The second-order valence-electron chi connectivity index (χ2n) is 17.9. The maximum absolute atomic E-state index is 14.3. The van der Waals surface area contributed by atoms with Crippen molar-refractivity contribution in [2.45, 2.75) is 167 Å². The summed E-state index contributed by atoms with van der Waals surface area (Å²) in [6, 6.07) is -1.14. The number of hydrogen-bond acceptors (Lipinski definition) is 12. The second kappa shape index (κ2) is 21.1. The Balaban J connectivity index is 1.79. The summed E-state index contributed by atoms with van der Waals surface area (Å²) in [5, 5.41) is 34.3. The number of methoxy groups -OCH3 is 3. The summed E-state index contributed by atoms with van der Waals surface area (Å²) in [4.78, 5) is 58.1. The zero-order chi connectivity index (χ0) is 43.1. The summed E-state index contributed by atoms with van der Waals surface area (Å²) < 4.78 is 29.8. The van der Waals surface area contributed by atoms with Crippen molar-refractivity contribution in [1.82, 2.24) is 4.90 Å². The van der Waals surface area contributed by atoms with Crippen LogP contribution in [0.4, 0.5) is 0 Å². The van der Waals surface area contributed by atoms with Crippen molar-refractivity contribution < 1.29 is 58.2 Å². The lowest BCUT2D eigenvalue weighted by atomic mass is 9.81. The van der Waals surface area contributed by atoms with E-state index in [2.05, 4.69) is 6.58 Å². The van der Waals surface area contributed by atoms with E-state index in [0.29, 0.717) is 56.9 Å². The molecule has 3 N–H and O–H groups in total. The lowest BCUT2D eigenvalue weighted by molar-refractivity contribution is -0.302. The molecule has 4 aliphatic rings. The molecule has 1 aliphatic carbocycles. The van der Waals surface area contributed by atoms with E-state index in [4.69, 9.17) is 23.7 Å². The Hall–Kier alpha value is -2.78. The fourth-order valence-corrected chi connectivity index (χ4v) is 9.59. The van der Waals surface area contributed by atoms with E-state index >= 15 is 0 Å². The van der Waals surface area contributed by atoms with Gasteiger partial charge in [0.1, 0.15) is 24.0 Å². The van der Waals surface area contributed by atoms with Crippen LogP contribution in [0.5, 0.6) is 0 Å². The highest BCUT2D eigenvalue weighted by molar-refractivity contribution is 6.39. The van der Waals surface area contributed by atoms with Gasteiger partial charge in [0.05, 0.1) is 30.5 Å². The van der Waals surface area contributed by atoms with Crippen molar-refractivity contribution >= 4 is 23.4 Å². The number of carbonyl (C=O) groups is 4. The molecule has 1 saturated carbocycles. The van der Waals surface area contributed by atoms with Crippen LogP contribution >= 0.6 is 0 Å². The maximum Gasteiger partial charge on any atom is 0.329 e. The van der Waals surface area contributed by atoms with E-state index in [1.54, 1.807) is 21.0 Å². The van der Waals surface area contributed by atoms with Gasteiger partial charge in [0.2, 0.25) is 5.79 Å². The van der Waals surface area contributed by atoms with E-state index in [1.807, 2.05) is 39.8 Å². The third-order valence-electron chi connectivity index (χ3n) is 13.0. The molecule has 4 rings (SSSR count). The molecule has 0 radical (unpaired) electrons. The number of amides is 1. The molecule has 0 aromatic heterocycles. The van der Waals surface area contributed by atoms with Crippen LogP contribution in [0.1, 0.15) is 112 Å². The Bertz CT molecular complexity index is 1530. The minimum atomic E-state index is -2.51. The Morgan fingerprint density at radius 3 is 2.21 bits per heavy atom. The van der Waals surface area contributed by atoms with Crippen LogP contribution in [0.2, 0.25) is 0 Å². The first-order valence-corrected chi connectivity index (χ1v) is 21.3. The quantitative estimate of drug-likeness (QED) is 0.178. The van der Waals surface area contributed by atoms with Gasteiger partial charge in [-0.2, -0.15) is 0 Å². The van der Waals surface area contributed by atoms with Crippen LogP contribution in [0.25, 0.3) is 0 Å². The van der Waals surface area contributed by atoms with Gasteiger partial charge in [0, 0.05) is 52.0 Å². The van der Waals surface area contributed by atoms with Crippen molar-refractivity contribution in [1.29, 1.82) is 0 Å². The number of ketones is 2. The average molecular weight is 818 g/mol. The Morgan fingerprint density at radius 2 is 1.57 bits per heavy atom. The number of allylic oxidation sites excluding steroid dienone is 4. The fraction of sp³-hybridized carbons (Fsp3) is 0.778. The molecular weight excluding hydrogens is 746 g/mol. The SMILES string of the molecule is C=C(C)C[C@@H]1/C=C(/C)C[C@@H](C)C[C@H](OC)[C@H]2O[C@](O)(C(=O)C(=O)N3CCCC[C@@H]3C(=O)O[C@H](/C(C)=C/[C@@H]3CC[C@@H](O)[C@H](OC)C3)[C@@H](C)[C@@H](O)CC1=O)[C@H](C)C[C@@H]2OC. The van der Waals surface area contributed by atoms with E-state index in [1.165, 1.54) is 19.1 Å². The number of fused-ring (bicyclic) bond motifs is 3. The number of carbonyl (C=O) groups excluding carboxylic acids is 4. The molecule has 1 amide bonds. The number of aliphatic hydroxyl groups is 3. The fourth-order valence-electron chi connectivity index (χ4n) is 9.59. The molecule has 2 bridgehead atoms. The van der Waals surface area contributed by atoms with E-state index in [0.717, 1.165) is 11.1 Å². The minimum Gasteiger partial charge on any atom is -0.456 e. The largest absolute Gasteiger partial charge is 0.456 e. The van der Waals surface area contributed by atoms with E-state index in [9.17, 15) is 34.5 Å². The van der Waals surface area contributed by atoms with Gasteiger partial charge in [-0.1, -0.05) is 44.1 Å². The summed E-state index contributed by atoms with van der Waals surface area (Å²) in [5.41, 5.74) is 2.44.